The summed E-state index contributed by atoms with van der Waals surface area (Å²) in [6.07, 6.45) is 6.36. The van der Waals surface area contributed by atoms with Crippen LogP contribution in [-0.2, 0) is 24.7 Å². The second-order valence-corrected chi connectivity index (χ2v) is 8.31. The Hall–Kier alpha value is -2.09. The van der Waals surface area contributed by atoms with Crippen LogP contribution >= 0.6 is 0 Å². The summed E-state index contributed by atoms with van der Waals surface area (Å²) in [7, 11) is 0. The number of hydrogen-bond acceptors (Lipinski definition) is 2. The number of nitrogens with two attached hydrogens (primary N) is 1. The quantitative estimate of drug-likeness (QED) is 0.472. The number of rotatable bonds is 3. The Morgan fingerprint density at radius 1 is 0.960 bits per heavy atom. The van der Waals surface area contributed by atoms with Gasteiger partial charge in [-0.25, -0.2) is 0 Å². The fraction of sp³-hybridized carbons (Fsp3) is 0.435. The van der Waals surface area contributed by atoms with Crippen molar-refractivity contribution >= 4 is 11.5 Å². The molecule has 1 aliphatic carbocycles. The lowest BCUT2D eigenvalue weighted by Gasteiger charge is -2.19. The number of carbonyl (C=O) groups excluding carboxylic acids is 1. The minimum absolute atomic E-state index is 0.100. The molecule has 0 unspecified atom stereocenters. The molecule has 2 N–H and O–H groups in total. The average molecular weight is 335 g/mol. The summed E-state index contributed by atoms with van der Waals surface area (Å²) >= 11 is 0. The van der Waals surface area contributed by atoms with Gasteiger partial charge in [0.05, 0.1) is 0 Å². The highest BCUT2D eigenvalue weighted by molar-refractivity contribution is 5.98. The van der Waals surface area contributed by atoms with Crippen LogP contribution in [0, 0.1) is 0 Å². The highest BCUT2D eigenvalue weighted by Crippen LogP contribution is 2.27. The molecule has 0 amide bonds. The van der Waals surface area contributed by atoms with Crippen LogP contribution in [0.5, 0.6) is 0 Å². The number of carbonyl (C=O) groups is 1. The highest BCUT2D eigenvalue weighted by Gasteiger charge is 2.16. The van der Waals surface area contributed by atoms with Crippen molar-refractivity contribution in [2.24, 2.45) is 0 Å². The molecule has 0 bridgehead atoms. The molecule has 2 aromatic carbocycles. The van der Waals surface area contributed by atoms with Crippen molar-refractivity contribution in [2.75, 3.05) is 5.73 Å². The summed E-state index contributed by atoms with van der Waals surface area (Å²) in [5.41, 5.74) is 12.9. The van der Waals surface area contributed by atoms with Gasteiger partial charge >= 0.3 is 0 Å². The van der Waals surface area contributed by atoms with Gasteiger partial charge in [0.1, 0.15) is 0 Å². The van der Waals surface area contributed by atoms with Gasteiger partial charge in [-0.3, -0.25) is 4.79 Å². The number of aryl methyl sites for hydroxylation is 2. The SMILES string of the molecule is CC(C)(C)c1ccc(C(=O)Cc2cc3c(cc2N)CCCCC3)cc1. The van der Waals surface area contributed by atoms with Crippen molar-refractivity contribution in [2.45, 2.75) is 64.7 Å². The topological polar surface area (TPSA) is 43.1 Å². The summed E-state index contributed by atoms with van der Waals surface area (Å²) < 4.78 is 0. The zero-order valence-electron chi connectivity index (χ0n) is 15.7. The van der Waals surface area contributed by atoms with Gasteiger partial charge in [-0.1, -0.05) is 57.5 Å². The van der Waals surface area contributed by atoms with E-state index in [2.05, 4.69) is 45.0 Å². The Kier molecular flexibility index (Phi) is 4.99. The van der Waals surface area contributed by atoms with E-state index in [1.165, 1.54) is 36.0 Å². The number of hydrogen-bond donors (Lipinski definition) is 1. The number of fused-ring (bicyclic) bond motifs is 1. The number of ketones is 1. The lowest BCUT2D eigenvalue weighted by molar-refractivity contribution is 0.0993. The molecule has 25 heavy (non-hydrogen) atoms. The number of anilines is 1. The van der Waals surface area contributed by atoms with Crippen molar-refractivity contribution in [1.29, 1.82) is 0 Å². The zero-order chi connectivity index (χ0) is 18.0. The minimum atomic E-state index is 0.100. The van der Waals surface area contributed by atoms with Crippen LogP contribution in [-0.4, -0.2) is 5.78 Å². The van der Waals surface area contributed by atoms with Gasteiger partial charge in [-0.05, 0) is 59.4 Å². The molecule has 2 nitrogen and oxygen atoms in total. The smallest absolute Gasteiger partial charge is 0.167 e. The molecular formula is C23H29NO. The number of nitrogen functional groups attached to an aromatic ring is 1. The van der Waals surface area contributed by atoms with Crippen LogP contribution in [0.25, 0.3) is 0 Å². The molecule has 0 heterocycles. The Bertz CT molecular complexity index is 766. The summed E-state index contributed by atoms with van der Waals surface area (Å²) in [6, 6.07) is 12.3. The molecule has 0 saturated heterocycles. The van der Waals surface area contributed by atoms with Gasteiger partial charge < -0.3 is 5.73 Å². The molecule has 1 aliphatic rings. The largest absolute Gasteiger partial charge is 0.398 e. The summed E-state index contributed by atoms with van der Waals surface area (Å²) in [6.45, 7) is 6.54. The van der Waals surface area contributed by atoms with Gasteiger partial charge in [0, 0.05) is 17.7 Å². The van der Waals surface area contributed by atoms with Crippen LogP contribution in [0.2, 0.25) is 0 Å². The molecule has 132 valence electrons. The minimum Gasteiger partial charge on any atom is -0.398 e. The first-order valence-corrected chi connectivity index (χ1v) is 9.38. The Balaban J connectivity index is 1.80. The van der Waals surface area contributed by atoms with Gasteiger partial charge in [0.25, 0.3) is 0 Å². The molecule has 0 aliphatic heterocycles. The molecule has 3 rings (SSSR count). The van der Waals surface area contributed by atoms with Crippen molar-refractivity contribution in [3.8, 4) is 0 Å². The first kappa shape index (κ1) is 17.7. The van der Waals surface area contributed by atoms with E-state index >= 15 is 0 Å². The molecule has 0 radical (unpaired) electrons. The van der Waals surface area contributed by atoms with E-state index in [0.29, 0.717) is 6.42 Å². The normalized spacial score (nSPS) is 14.7. The van der Waals surface area contributed by atoms with Crippen LogP contribution in [0.4, 0.5) is 5.69 Å². The summed E-state index contributed by atoms with van der Waals surface area (Å²) in [4.78, 5) is 12.7. The fourth-order valence-corrected chi connectivity index (χ4v) is 3.62. The van der Waals surface area contributed by atoms with Crippen LogP contribution in [0.15, 0.2) is 36.4 Å². The maximum absolute atomic E-state index is 12.7. The second-order valence-electron chi connectivity index (χ2n) is 8.31. The monoisotopic (exact) mass is 335 g/mol. The van der Waals surface area contributed by atoms with E-state index in [4.69, 9.17) is 5.73 Å². The zero-order valence-corrected chi connectivity index (χ0v) is 15.7. The summed E-state index contributed by atoms with van der Waals surface area (Å²) in [5.74, 6) is 0.140. The molecule has 0 fully saturated rings. The highest BCUT2D eigenvalue weighted by atomic mass is 16.1. The predicted molar refractivity (Wildman–Crippen MR) is 105 cm³/mol. The third-order valence-electron chi connectivity index (χ3n) is 5.28. The third-order valence-corrected chi connectivity index (χ3v) is 5.28. The Morgan fingerprint density at radius 3 is 2.16 bits per heavy atom. The van der Waals surface area contributed by atoms with Crippen molar-refractivity contribution < 1.29 is 4.79 Å². The van der Waals surface area contributed by atoms with E-state index in [9.17, 15) is 4.79 Å². The molecule has 0 spiro atoms. The molecule has 2 aromatic rings. The second kappa shape index (κ2) is 7.03. The first-order valence-electron chi connectivity index (χ1n) is 9.38. The van der Waals surface area contributed by atoms with Gasteiger partial charge in [-0.2, -0.15) is 0 Å². The lowest BCUT2D eigenvalue weighted by atomic mass is 9.86. The average Bonchev–Trinajstić information content (AvgIpc) is 2.79. The van der Waals surface area contributed by atoms with Gasteiger partial charge in [-0.15, -0.1) is 0 Å². The number of benzene rings is 2. The third kappa shape index (κ3) is 4.12. The number of Topliss-reactive ketones (excluding diaryl/α,β-unsaturated/α-hetero) is 1. The van der Waals surface area contributed by atoms with E-state index in [1.807, 2.05) is 12.1 Å². The van der Waals surface area contributed by atoms with E-state index < -0.39 is 0 Å². The first-order chi connectivity index (χ1) is 11.8. The maximum Gasteiger partial charge on any atom is 0.167 e. The Labute approximate surface area is 151 Å². The van der Waals surface area contributed by atoms with Gasteiger partial charge in [0.2, 0.25) is 0 Å². The standard InChI is InChI=1S/C23H29NO/c1-23(2,3)20-11-9-16(10-12-20)22(25)15-19-13-17-7-5-4-6-8-18(17)14-21(19)24/h9-14H,4-8,15,24H2,1-3H3. The van der Waals surface area contributed by atoms with Crippen molar-refractivity contribution in [1.82, 2.24) is 0 Å². The summed E-state index contributed by atoms with van der Waals surface area (Å²) in [5, 5.41) is 0. The Morgan fingerprint density at radius 2 is 1.56 bits per heavy atom. The predicted octanol–water partition coefficient (Wildman–Crippen LogP) is 5.26. The van der Waals surface area contributed by atoms with Crippen LogP contribution in [0.1, 0.15) is 72.6 Å². The van der Waals surface area contributed by atoms with E-state index in [1.54, 1.807) is 0 Å². The van der Waals surface area contributed by atoms with E-state index in [0.717, 1.165) is 29.7 Å². The van der Waals surface area contributed by atoms with Crippen LogP contribution < -0.4 is 5.73 Å². The maximum atomic E-state index is 12.7. The van der Waals surface area contributed by atoms with Crippen molar-refractivity contribution in [3.05, 3.63) is 64.2 Å². The lowest BCUT2D eigenvalue weighted by Crippen LogP contribution is -2.12. The van der Waals surface area contributed by atoms with Gasteiger partial charge in [0.15, 0.2) is 5.78 Å². The molecule has 2 heteroatoms. The molecular weight excluding hydrogens is 306 g/mol. The molecule has 0 aromatic heterocycles. The van der Waals surface area contributed by atoms with E-state index in [-0.39, 0.29) is 11.2 Å². The fourth-order valence-electron chi connectivity index (χ4n) is 3.62. The van der Waals surface area contributed by atoms with Crippen LogP contribution in [0.3, 0.4) is 0 Å². The molecule has 0 saturated carbocycles. The van der Waals surface area contributed by atoms with Crippen molar-refractivity contribution in [3.63, 3.8) is 0 Å². The molecule has 0 atom stereocenters.